The number of ether oxygens (including phenoxy) is 1. The molecule has 1 aromatic carbocycles. The lowest BCUT2D eigenvalue weighted by Gasteiger charge is -2.30. The number of hydrogen-bond donors (Lipinski definition) is 1. The van der Waals surface area contributed by atoms with Crippen LogP contribution >= 0.6 is 0 Å². The standard InChI is InChI=1S/C18H25FN2O4S/c19-16-5-3-14(4-6-16)13-26(23,24)21-9-7-15(8-10-21)18(22)20-12-17-2-1-11-25-17/h3-6,15,17H,1-2,7-13H2,(H,20,22). The molecule has 8 heteroatoms. The molecular weight excluding hydrogens is 359 g/mol. The van der Waals surface area contributed by atoms with Crippen LogP contribution in [0.15, 0.2) is 24.3 Å². The normalized spacial score (nSPS) is 22.4. The van der Waals surface area contributed by atoms with E-state index in [1.165, 1.54) is 28.6 Å². The van der Waals surface area contributed by atoms with Crippen LogP contribution in [0.1, 0.15) is 31.2 Å². The summed E-state index contributed by atoms with van der Waals surface area (Å²) in [4.78, 5) is 12.3. The van der Waals surface area contributed by atoms with Gasteiger partial charge in [-0.1, -0.05) is 12.1 Å². The highest BCUT2D eigenvalue weighted by Gasteiger charge is 2.31. The largest absolute Gasteiger partial charge is 0.376 e. The van der Waals surface area contributed by atoms with Crippen molar-refractivity contribution in [2.75, 3.05) is 26.2 Å². The Morgan fingerprint density at radius 3 is 2.50 bits per heavy atom. The molecule has 0 aromatic heterocycles. The van der Waals surface area contributed by atoms with Crippen molar-refractivity contribution < 1.29 is 22.3 Å². The van der Waals surface area contributed by atoms with Crippen LogP contribution in [0.4, 0.5) is 4.39 Å². The minimum Gasteiger partial charge on any atom is -0.376 e. The summed E-state index contributed by atoms with van der Waals surface area (Å²) < 4.78 is 44.9. The van der Waals surface area contributed by atoms with E-state index in [-0.39, 0.29) is 29.5 Å². The number of sulfonamides is 1. The first-order valence-electron chi connectivity index (χ1n) is 9.05. The van der Waals surface area contributed by atoms with Crippen LogP contribution in [0.2, 0.25) is 0 Å². The number of piperidine rings is 1. The maximum absolute atomic E-state index is 12.9. The van der Waals surface area contributed by atoms with Gasteiger partial charge in [-0.15, -0.1) is 0 Å². The SMILES string of the molecule is O=C(NCC1CCCO1)C1CCN(S(=O)(=O)Cc2ccc(F)cc2)CC1. The van der Waals surface area contributed by atoms with Gasteiger partial charge in [-0.3, -0.25) is 4.79 Å². The molecule has 1 aromatic rings. The number of nitrogens with zero attached hydrogens (tertiary/aromatic N) is 1. The van der Waals surface area contributed by atoms with E-state index in [2.05, 4.69) is 5.32 Å². The topological polar surface area (TPSA) is 75.7 Å². The van der Waals surface area contributed by atoms with Gasteiger partial charge in [-0.25, -0.2) is 17.1 Å². The van der Waals surface area contributed by atoms with E-state index >= 15 is 0 Å². The Morgan fingerprint density at radius 2 is 1.88 bits per heavy atom. The van der Waals surface area contributed by atoms with Gasteiger partial charge in [-0.2, -0.15) is 0 Å². The molecule has 2 aliphatic rings. The number of hydrogen-bond acceptors (Lipinski definition) is 4. The summed E-state index contributed by atoms with van der Waals surface area (Å²) in [6, 6.07) is 5.49. The molecule has 3 rings (SSSR count). The molecule has 2 aliphatic heterocycles. The zero-order valence-corrected chi connectivity index (χ0v) is 15.5. The van der Waals surface area contributed by atoms with Gasteiger partial charge in [-0.05, 0) is 43.4 Å². The van der Waals surface area contributed by atoms with Gasteiger partial charge in [0.25, 0.3) is 0 Å². The van der Waals surface area contributed by atoms with Crippen molar-refractivity contribution >= 4 is 15.9 Å². The summed E-state index contributed by atoms with van der Waals surface area (Å²) in [6.45, 7) is 1.95. The quantitative estimate of drug-likeness (QED) is 0.809. The number of benzene rings is 1. The zero-order chi connectivity index (χ0) is 18.6. The first-order valence-corrected chi connectivity index (χ1v) is 10.7. The van der Waals surface area contributed by atoms with Crippen molar-refractivity contribution in [2.24, 2.45) is 5.92 Å². The van der Waals surface area contributed by atoms with Gasteiger partial charge < -0.3 is 10.1 Å². The van der Waals surface area contributed by atoms with Crippen molar-refractivity contribution in [2.45, 2.75) is 37.5 Å². The second kappa shape index (κ2) is 8.45. The molecule has 26 heavy (non-hydrogen) atoms. The van der Waals surface area contributed by atoms with E-state index in [9.17, 15) is 17.6 Å². The lowest BCUT2D eigenvalue weighted by atomic mass is 9.97. The number of nitrogens with one attached hydrogen (secondary N) is 1. The fourth-order valence-corrected chi connectivity index (χ4v) is 5.01. The minimum absolute atomic E-state index is 0.0175. The Kier molecular flexibility index (Phi) is 6.26. The maximum atomic E-state index is 12.9. The molecule has 0 aliphatic carbocycles. The van der Waals surface area contributed by atoms with Gasteiger partial charge in [0, 0.05) is 32.2 Å². The van der Waals surface area contributed by atoms with Crippen molar-refractivity contribution in [3.8, 4) is 0 Å². The van der Waals surface area contributed by atoms with Gasteiger partial charge in [0.2, 0.25) is 15.9 Å². The van der Waals surface area contributed by atoms with Crippen LogP contribution in [-0.4, -0.2) is 51.0 Å². The van der Waals surface area contributed by atoms with Crippen LogP contribution in [0.3, 0.4) is 0 Å². The van der Waals surface area contributed by atoms with Crippen LogP contribution in [0.5, 0.6) is 0 Å². The highest BCUT2D eigenvalue weighted by Crippen LogP contribution is 2.22. The lowest BCUT2D eigenvalue weighted by molar-refractivity contribution is -0.126. The molecule has 144 valence electrons. The van der Waals surface area contributed by atoms with Gasteiger partial charge in [0.05, 0.1) is 11.9 Å². The molecule has 1 amide bonds. The third-order valence-corrected chi connectivity index (χ3v) is 6.86. The number of carbonyl (C=O) groups is 1. The molecule has 0 spiro atoms. The molecule has 2 saturated heterocycles. The molecule has 2 fully saturated rings. The number of rotatable bonds is 6. The third-order valence-electron chi connectivity index (χ3n) is 5.01. The number of amides is 1. The van der Waals surface area contributed by atoms with E-state index in [0.717, 1.165) is 19.4 Å². The second-order valence-corrected chi connectivity index (χ2v) is 8.91. The first-order chi connectivity index (χ1) is 12.4. The lowest BCUT2D eigenvalue weighted by Crippen LogP contribution is -2.44. The highest BCUT2D eigenvalue weighted by molar-refractivity contribution is 7.88. The summed E-state index contributed by atoms with van der Waals surface area (Å²) in [5.74, 6) is -0.714. The van der Waals surface area contributed by atoms with E-state index in [0.29, 0.717) is 38.0 Å². The zero-order valence-electron chi connectivity index (χ0n) is 14.7. The highest BCUT2D eigenvalue weighted by atomic mass is 32.2. The number of carbonyl (C=O) groups excluding carboxylic acids is 1. The summed E-state index contributed by atoms with van der Waals surface area (Å²) in [7, 11) is -3.46. The Hall–Kier alpha value is -1.51. The maximum Gasteiger partial charge on any atom is 0.223 e. The fraction of sp³-hybridized carbons (Fsp3) is 0.611. The first kappa shape index (κ1) is 19.3. The number of halogens is 1. The summed E-state index contributed by atoms with van der Waals surface area (Å²) >= 11 is 0. The fourth-order valence-electron chi connectivity index (χ4n) is 3.44. The average molecular weight is 384 g/mol. The molecule has 1 unspecified atom stereocenters. The average Bonchev–Trinajstić information content (AvgIpc) is 3.15. The third kappa shape index (κ3) is 5.02. The summed E-state index contributed by atoms with van der Waals surface area (Å²) in [5, 5.41) is 2.93. The van der Waals surface area contributed by atoms with Crippen LogP contribution in [0, 0.1) is 11.7 Å². The predicted molar refractivity (Wildman–Crippen MR) is 95.3 cm³/mol. The molecule has 2 heterocycles. The van der Waals surface area contributed by atoms with Crippen molar-refractivity contribution in [1.82, 2.24) is 9.62 Å². The molecule has 0 radical (unpaired) electrons. The molecule has 1 N–H and O–H groups in total. The minimum atomic E-state index is -3.46. The Balaban J connectivity index is 1.47. The van der Waals surface area contributed by atoms with Crippen LogP contribution in [-0.2, 0) is 25.3 Å². The van der Waals surface area contributed by atoms with E-state index in [1.807, 2.05) is 0 Å². The predicted octanol–water partition coefficient (Wildman–Crippen LogP) is 1.66. The smallest absolute Gasteiger partial charge is 0.223 e. The van der Waals surface area contributed by atoms with Gasteiger partial charge >= 0.3 is 0 Å². The second-order valence-electron chi connectivity index (χ2n) is 6.94. The van der Waals surface area contributed by atoms with Crippen LogP contribution in [0.25, 0.3) is 0 Å². The van der Waals surface area contributed by atoms with Crippen molar-refractivity contribution in [3.05, 3.63) is 35.6 Å². The summed E-state index contributed by atoms with van der Waals surface area (Å²) in [6.07, 6.45) is 3.14. The van der Waals surface area contributed by atoms with Crippen molar-refractivity contribution in [3.63, 3.8) is 0 Å². The Morgan fingerprint density at radius 1 is 1.19 bits per heavy atom. The Labute approximate surface area is 153 Å². The molecule has 1 atom stereocenters. The van der Waals surface area contributed by atoms with Gasteiger partial charge in [0.15, 0.2) is 0 Å². The van der Waals surface area contributed by atoms with E-state index in [4.69, 9.17) is 4.74 Å². The van der Waals surface area contributed by atoms with Crippen LogP contribution < -0.4 is 5.32 Å². The Bertz CT molecular complexity index is 709. The monoisotopic (exact) mass is 384 g/mol. The summed E-state index contributed by atoms with van der Waals surface area (Å²) in [5.41, 5.74) is 0.558. The molecular formula is C18H25FN2O4S. The van der Waals surface area contributed by atoms with Crippen molar-refractivity contribution in [1.29, 1.82) is 0 Å². The molecule has 6 nitrogen and oxygen atoms in total. The van der Waals surface area contributed by atoms with Gasteiger partial charge in [0.1, 0.15) is 5.82 Å². The molecule has 0 saturated carbocycles. The molecule has 0 bridgehead atoms. The van der Waals surface area contributed by atoms with E-state index < -0.39 is 10.0 Å². The van der Waals surface area contributed by atoms with E-state index in [1.54, 1.807) is 0 Å².